The van der Waals surface area contributed by atoms with E-state index in [1.807, 2.05) is 48.7 Å². The van der Waals surface area contributed by atoms with E-state index in [4.69, 9.17) is 14.2 Å². The topological polar surface area (TPSA) is 97.8 Å². The Morgan fingerprint density at radius 3 is 3.00 bits per heavy atom. The molecule has 1 aliphatic rings. The maximum atomic E-state index is 12.4. The lowest BCUT2D eigenvalue weighted by Crippen LogP contribution is -2.14. The number of aromatic nitrogens is 2. The van der Waals surface area contributed by atoms with E-state index < -0.39 is 5.97 Å². The zero-order valence-electron chi connectivity index (χ0n) is 17.3. The number of carbonyl (C=O) groups excluding carboxylic acids is 1. The number of imidazole rings is 1. The average molecular weight is 420 g/mol. The Labute approximate surface area is 180 Å². The molecule has 0 saturated heterocycles. The summed E-state index contributed by atoms with van der Waals surface area (Å²) in [4.78, 5) is 24.5. The molecule has 8 nitrogen and oxygen atoms in total. The minimum absolute atomic E-state index is 0.261. The molecule has 2 N–H and O–H groups in total. The van der Waals surface area contributed by atoms with Crippen LogP contribution in [-0.4, -0.2) is 48.6 Å². The molecule has 1 aromatic heterocycles. The molecule has 160 valence electrons. The second-order valence-corrected chi connectivity index (χ2v) is 6.84. The van der Waals surface area contributed by atoms with E-state index in [1.54, 1.807) is 13.1 Å². The van der Waals surface area contributed by atoms with Crippen molar-refractivity contribution in [1.29, 1.82) is 0 Å². The number of nitrogens with one attached hydrogen (secondary N) is 2. The second kappa shape index (κ2) is 9.80. The van der Waals surface area contributed by atoms with Gasteiger partial charge in [0.1, 0.15) is 11.4 Å². The summed E-state index contributed by atoms with van der Waals surface area (Å²) >= 11 is 0. The molecule has 2 heterocycles. The molecule has 0 radical (unpaired) electrons. The lowest BCUT2D eigenvalue weighted by molar-refractivity contribution is -0.136. The van der Waals surface area contributed by atoms with E-state index >= 15 is 0 Å². The van der Waals surface area contributed by atoms with Crippen molar-refractivity contribution in [2.24, 2.45) is 4.99 Å². The zero-order valence-corrected chi connectivity index (χ0v) is 17.3. The Kier molecular flexibility index (Phi) is 6.47. The molecule has 0 fully saturated rings. The van der Waals surface area contributed by atoms with Gasteiger partial charge in [-0.3, -0.25) is 4.99 Å². The summed E-state index contributed by atoms with van der Waals surface area (Å²) in [6, 6.07) is 13.4. The van der Waals surface area contributed by atoms with Gasteiger partial charge >= 0.3 is 5.97 Å². The highest BCUT2D eigenvalue weighted by Crippen LogP contribution is 2.31. The number of rotatable bonds is 9. The third-order valence-corrected chi connectivity index (χ3v) is 4.63. The molecular formula is C23H24N4O4. The number of aliphatic imine (C=N–C) groups is 1. The summed E-state index contributed by atoms with van der Waals surface area (Å²) in [5.74, 6) is 1.56. The summed E-state index contributed by atoms with van der Waals surface area (Å²) in [5.41, 5.74) is 2.99. The van der Waals surface area contributed by atoms with E-state index in [0.717, 1.165) is 34.5 Å². The maximum Gasteiger partial charge on any atom is 0.343 e. The van der Waals surface area contributed by atoms with Crippen LogP contribution in [0.25, 0.3) is 16.6 Å². The molecule has 0 spiro atoms. The smallest absolute Gasteiger partial charge is 0.343 e. The number of carbonyl (C=O) groups is 1. The van der Waals surface area contributed by atoms with Crippen LogP contribution in [0.3, 0.4) is 0 Å². The molecule has 0 saturated carbocycles. The highest BCUT2D eigenvalue weighted by Gasteiger charge is 2.17. The van der Waals surface area contributed by atoms with Crippen LogP contribution in [-0.2, 0) is 9.53 Å². The molecule has 0 bridgehead atoms. The zero-order chi connectivity index (χ0) is 21.5. The van der Waals surface area contributed by atoms with Crippen molar-refractivity contribution in [2.75, 3.05) is 26.5 Å². The van der Waals surface area contributed by atoms with Crippen molar-refractivity contribution >= 4 is 28.8 Å². The predicted octanol–water partition coefficient (Wildman–Crippen LogP) is 3.29. The fourth-order valence-electron chi connectivity index (χ4n) is 3.12. The molecule has 4 rings (SSSR count). The second-order valence-electron chi connectivity index (χ2n) is 6.84. The number of hydrogen-bond donors (Lipinski definition) is 2. The van der Waals surface area contributed by atoms with Crippen LogP contribution in [0.4, 0.5) is 0 Å². The van der Waals surface area contributed by atoms with Crippen LogP contribution in [0.5, 0.6) is 11.5 Å². The predicted molar refractivity (Wildman–Crippen MR) is 118 cm³/mol. The third kappa shape index (κ3) is 5.03. The van der Waals surface area contributed by atoms with Gasteiger partial charge in [-0.2, -0.15) is 0 Å². The van der Waals surface area contributed by atoms with E-state index in [2.05, 4.69) is 20.3 Å². The summed E-state index contributed by atoms with van der Waals surface area (Å²) in [5, 5.41) is 3.17. The molecule has 3 aromatic rings. The third-order valence-electron chi connectivity index (χ3n) is 4.63. The number of nitrogens with zero attached hydrogens (tertiary/aromatic N) is 2. The monoisotopic (exact) mass is 420 g/mol. The largest absolute Gasteiger partial charge is 0.462 e. The minimum Gasteiger partial charge on any atom is -0.462 e. The number of esters is 1. The van der Waals surface area contributed by atoms with Gasteiger partial charge in [0.25, 0.3) is 0 Å². The lowest BCUT2D eigenvalue weighted by atomic mass is 10.2. The highest BCUT2D eigenvalue weighted by molar-refractivity contribution is 6.15. The van der Waals surface area contributed by atoms with E-state index in [-0.39, 0.29) is 6.79 Å². The Hall–Kier alpha value is -3.81. The van der Waals surface area contributed by atoms with Crippen molar-refractivity contribution in [3.63, 3.8) is 0 Å². The van der Waals surface area contributed by atoms with Crippen molar-refractivity contribution in [2.45, 2.75) is 13.3 Å². The van der Waals surface area contributed by atoms with Crippen molar-refractivity contribution in [3.05, 3.63) is 60.1 Å². The normalized spacial score (nSPS) is 13.1. The number of fused-ring (bicyclic) bond motifs is 2. The van der Waals surface area contributed by atoms with Crippen molar-refractivity contribution in [1.82, 2.24) is 15.3 Å². The fraction of sp³-hybridized carbons (Fsp3) is 0.261. The maximum absolute atomic E-state index is 12.4. The van der Waals surface area contributed by atoms with Gasteiger partial charge in [-0.1, -0.05) is 12.1 Å². The SMILES string of the molecule is CCOC(=O)C(=CNCCCN=Cc1ccc2c(c1)OCO2)c1nc2ccccc2[nH]1. The van der Waals surface area contributed by atoms with Gasteiger partial charge in [-0.15, -0.1) is 0 Å². The van der Waals surface area contributed by atoms with Gasteiger partial charge < -0.3 is 24.5 Å². The Morgan fingerprint density at radius 1 is 1.26 bits per heavy atom. The molecule has 1 aliphatic heterocycles. The first-order valence-corrected chi connectivity index (χ1v) is 10.2. The Balaban J connectivity index is 1.32. The number of para-hydroxylation sites is 2. The van der Waals surface area contributed by atoms with Gasteiger partial charge in [-0.25, -0.2) is 9.78 Å². The molecule has 0 amide bonds. The number of H-pyrrole nitrogens is 1. The summed E-state index contributed by atoms with van der Waals surface area (Å²) < 4.78 is 15.9. The van der Waals surface area contributed by atoms with Gasteiger partial charge in [0.15, 0.2) is 11.5 Å². The van der Waals surface area contributed by atoms with Crippen LogP contribution < -0.4 is 14.8 Å². The molecule has 0 unspecified atom stereocenters. The van der Waals surface area contributed by atoms with Crippen LogP contribution in [0.15, 0.2) is 53.7 Å². The number of benzene rings is 2. The standard InChI is InChI=1S/C23H24N4O4/c1-2-29-23(28)17(22-26-18-6-3-4-7-19(18)27-22)14-25-11-5-10-24-13-16-8-9-20-21(12-16)31-15-30-20/h3-4,6-9,12-14,25H,2,5,10-11,15H2,1H3,(H,26,27). The van der Waals surface area contributed by atoms with Crippen molar-refractivity contribution in [3.8, 4) is 11.5 Å². The first kappa shape index (κ1) is 20.5. The van der Waals surface area contributed by atoms with Gasteiger partial charge in [0, 0.05) is 25.5 Å². The van der Waals surface area contributed by atoms with Crippen LogP contribution in [0.1, 0.15) is 24.7 Å². The summed E-state index contributed by atoms with van der Waals surface area (Å²) in [6.07, 6.45) is 4.27. The molecule has 2 aromatic carbocycles. The number of hydrogen-bond acceptors (Lipinski definition) is 7. The van der Waals surface area contributed by atoms with Crippen LogP contribution >= 0.6 is 0 Å². The van der Waals surface area contributed by atoms with E-state index in [9.17, 15) is 4.79 Å². The van der Waals surface area contributed by atoms with Crippen molar-refractivity contribution < 1.29 is 19.0 Å². The molecule has 8 heteroatoms. The van der Waals surface area contributed by atoms with Gasteiger partial charge in [0.05, 0.1) is 17.6 Å². The molecule has 31 heavy (non-hydrogen) atoms. The van der Waals surface area contributed by atoms with Crippen LogP contribution in [0.2, 0.25) is 0 Å². The Morgan fingerprint density at radius 2 is 2.13 bits per heavy atom. The van der Waals surface area contributed by atoms with Gasteiger partial charge in [0.2, 0.25) is 6.79 Å². The number of aromatic amines is 1. The fourth-order valence-corrected chi connectivity index (χ4v) is 3.12. The number of ether oxygens (including phenoxy) is 3. The quantitative estimate of drug-likeness (QED) is 0.239. The van der Waals surface area contributed by atoms with E-state index in [0.29, 0.717) is 31.1 Å². The minimum atomic E-state index is -0.421. The first-order valence-electron chi connectivity index (χ1n) is 10.2. The molecule has 0 aliphatic carbocycles. The average Bonchev–Trinajstić information content (AvgIpc) is 3.42. The van der Waals surface area contributed by atoms with Crippen LogP contribution in [0, 0.1) is 0 Å². The van der Waals surface area contributed by atoms with E-state index in [1.165, 1.54) is 0 Å². The molecular weight excluding hydrogens is 396 g/mol. The summed E-state index contributed by atoms with van der Waals surface area (Å²) in [6.45, 7) is 3.64. The van der Waals surface area contributed by atoms with Gasteiger partial charge in [-0.05, 0) is 49.2 Å². The Bertz CT molecular complexity index is 1090. The molecule has 0 atom stereocenters. The highest BCUT2D eigenvalue weighted by atomic mass is 16.7. The summed E-state index contributed by atoms with van der Waals surface area (Å²) in [7, 11) is 0. The first-order chi connectivity index (χ1) is 15.2. The lowest BCUT2D eigenvalue weighted by Gasteiger charge is -2.06.